The van der Waals surface area contributed by atoms with Crippen LogP contribution in [0, 0.1) is 5.41 Å². The summed E-state index contributed by atoms with van der Waals surface area (Å²) in [5.41, 5.74) is 15.3. The first-order valence-corrected chi connectivity index (χ1v) is 19.2. The third-order valence-corrected chi connectivity index (χ3v) is 9.51. The van der Waals surface area contributed by atoms with Crippen LogP contribution in [-0.2, 0) is 17.6 Å². The number of nitrogen functional groups attached to an aromatic ring is 2. The van der Waals surface area contributed by atoms with Crippen LogP contribution in [0.1, 0.15) is 72.0 Å². The Morgan fingerprint density at radius 1 is 0.828 bits per heavy atom. The largest absolute Gasteiger partial charge is 0.394 e. The van der Waals surface area contributed by atoms with E-state index in [-0.39, 0.29) is 47.3 Å². The Morgan fingerprint density at radius 2 is 1.47 bits per heavy atom. The van der Waals surface area contributed by atoms with Crippen molar-refractivity contribution in [3.63, 3.8) is 0 Å². The smallest absolute Gasteiger partial charge is 0.280 e. The normalized spacial score (nSPS) is 13.9. The number of unbranched alkanes of at least 4 members (excludes halogenated alkanes) is 2. The number of nitrogens with zero attached hydrogens (tertiary/aromatic N) is 5. The molecule has 0 fully saturated rings. The fourth-order valence-electron chi connectivity index (χ4n) is 5.87. The number of hydrogen-bond donors (Lipinski definition) is 13. The number of tetrazole rings is 1. The van der Waals surface area contributed by atoms with E-state index in [0.29, 0.717) is 44.6 Å². The van der Waals surface area contributed by atoms with Gasteiger partial charge in [0.15, 0.2) is 34.3 Å². The monoisotopic (exact) mass is 825 g/mol. The first-order chi connectivity index (χ1) is 27.9. The SMILES string of the molecule is N=C(NCCCCc1ccc(-c2ccc(CCC(=O)N[C@@H](CCCCNC[C@H](O)[C@@H](O)[C@H](O)[C@H](O)CO)c3nnn[nH]3)cc2)cc1)NC(=O)c1nc(Cl)c(N)nc1N. The molecule has 0 aliphatic carbocycles. The van der Waals surface area contributed by atoms with Gasteiger partial charge in [0.2, 0.25) is 5.91 Å². The van der Waals surface area contributed by atoms with Gasteiger partial charge in [0, 0.05) is 19.5 Å². The molecule has 58 heavy (non-hydrogen) atoms. The van der Waals surface area contributed by atoms with Gasteiger partial charge >= 0.3 is 0 Å². The van der Waals surface area contributed by atoms with Gasteiger partial charge in [-0.15, -0.1) is 5.10 Å². The zero-order valence-electron chi connectivity index (χ0n) is 31.8. The summed E-state index contributed by atoms with van der Waals surface area (Å²) < 4.78 is 0. The fourth-order valence-corrected chi connectivity index (χ4v) is 6.00. The zero-order chi connectivity index (χ0) is 42.0. The number of aliphatic hydroxyl groups excluding tert-OH is 5. The van der Waals surface area contributed by atoms with E-state index in [4.69, 9.17) is 33.6 Å². The van der Waals surface area contributed by atoms with Crippen molar-refractivity contribution in [2.45, 2.75) is 81.8 Å². The van der Waals surface area contributed by atoms with E-state index in [2.05, 4.69) is 76.1 Å². The van der Waals surface area contributed by atoms with E-state index >= 15 is 0 Å². The highest BCUT2D eigenvalue weighted by molar-refractivity contribution is 6.31. The number of aliphatic hydroxyl groups is 5. The number of aromatic amines is 1. The fraction of sp³-hybridized carbons (Fsp3) is 0.459. The number of amides is 2. The molecule has 314 valence electrons. The summed E-state index contributed by atoms with van der Waals surface area (Å²) in [6, 6.07) is 15.9. The van der Waals surface area contributed by atoms with Gasteiger partial charge in [-0.1, -0.05) is 60.1 Å². The molecule has 0 spiro atoms. The number of anilines is 2. The molecule has 0 aliphatic heterocycles. The minimum absolute atomic E-state index is 0.0322. The number of H-pyrrole nitrogens is 1. The average molecular weight is 826 g/mol. The quantitative estimate of drug-likeness (QED) is 0.0260. The first-order valence-electron chi connectivity index (χ1n) is 18.8. The minimum Gasteiger partial charge on any atom is -0.394 e. The third-order valence-electron chi connectivity index (χ3n) is 9.24. The van der Waals surface area contributed by atoms with Crippen molar-refractivity contribution < 1.29 is 35.1 Å². The molecule has 0 radical (unpaired) electrons. The second-order valence-corrected chi connectivity index (χ2v) is 14.0. The number of carbonyl (C=O) groups excluding carboxylic acids is 2. The molecule has 15 N–H and O–H groups in total. The van der Waals surface area contributed by atoms with Gasteiger partial charge in [-0.05, 0) is 84.2 Å². The highest BCUT2D eigenvalue weighted by Crippen LogP contribution is 2.22. The molecule has 2 heterocycles. The van der Waals surface area contributed by atoms with Gasteiger partial charge in [-0.25, -0.2) is 15.1 Å². The maximum Gasteiger partial charge on any atom is 0.280 e. The number of rotatable bonds is 23. The predicted molar refractivity (Wildman–Crippen MR) is 215 cm³/mol. The number of halogens is 1. The number of nitrogens with one attached hydrogen (secondary N) is 6. The lowest BCUT2D eigenvalue weighted by Crippen LogP contribution is -2.49. The Bertz CT molecular complexity index is 1890. The number of nitrogens with two attached hydrogens (primary N) is 2. The molecular weight excluding hydrogens is 774 g/mol. The van der Waals surface area contributed by atoms with Crippen molar-refractivity contribution in [2.75, 3.05) is 37.7 Å². The van der Waals surface area contributed by atoms with E-state index in [9.17, 15) is 30.0 Å². The summed E-state index contributed by atoms with van der Waals surface area (Å²) in [5.74, 6) is -0.900. The summed E-state index contributed by atoms with van der Waals surface area (Å²) in [6.45, 7) is 0.180. The van der Waals surface area contributed by atoms with E-state index < -0.39 is 43.0 Å². The molecule has 21 heteroatoms. The molecule has 0 unspecified atom stereocenters. The molecule has 4 rings (SSSR count). The molecule has 2 amide bonds. The van der Waals surface area contributed by atoms with E-state index in [0.717, 1.165) is 36.0 Å². The molecule has 0 saturated carbocycles. The third kappa shape index (κ3) is 14.2. The van der Waals surface area contributed by atoms with Gasteiger partial charge in [0.1, 0.15) is 18.3 Å². The van der Waals surface area contributed by atoms with Crippen LogP contribution in [0.4, 0.5) is 11.6 Å². The summed E-state index contributed by atoms with van der Waals surface area (Å²) in [6.07, 6.45) is -1.05. The standard InChI is InChI=1S/C37H52ClN13O7/c38-32-34(40)46-33(39)29(45-32)36(58)47-37(41)43-18-4-1-5-21-7-12-23(13-8-21)24-14-9-22(10-15-24)11-16-28(55)44-25(35-48-50-51-49-35)6-2-3-17-42-19-26(53)30(56)31(57)27(54)20-52/h7-10,12-15,25-27,30-31,42,52-54,56-57H,1-6,11,16-20H2,(H,44,55)(H4,39,40,46)(H3,41,43,47,58)(H,48,49,50,51)/t25-,26-,27+,30+,31+/m0/s1. The molecule has 5 atom stereocenters. The Hall–Kier alpha value is -5.35. The average Bonchev–Trinajstić information content (AvgIpc) is 3.77. The van der Waals surface area contributed by atoms with Crippen LogP contribution in [0.15, 0.2) is 48.5 Å². The van der Waals surface area contributed by atoms with Gasteiger partial charge < -0.3 is 53.0 Å². The number of guanidine groups is 1. The first kappa shape index (κ1) is 45.4. The second-order valence-electron chi connectivity index (χ2n) is 13.6. The van der Waals surface area contributed by atoms with Crippen molar-refractivity contribution in [1.29, 1.82) is 5.41 Å². The van der Waals surface area contributed by atoms with E-state index in [1.54, 1.807) is 0 Å². The lowest BCUT2D eigenvalue weighted by atomic mass is 9.99. The summed E-state index contributed by atoms with van der Waals surface area (Å²) in [7, 11) is 0. The van der Waals surface area contributed by atoms with Crippen LogP contribution in [0.2, 0.25) is 5.15 Å². The summed E-state index contributed by atoms with van der Waals surface area (Å²) >= 11 is 5.82. The van der Waals surface area contributed by atoms with Crippen molar-refractivity contribution >= 4 is 41.0 Å². The molecule has 2 aromatic heterocycles. The Balaban J connectivity index is 1.12. The Labute approximate surface area is 339 Å². The predicted octanol–water partition coefficient (Wildman–Crippen LogP) is -0.263. The van der Waals surface area contributed by atoms with Crippen molar-refractivity contribution in [3.8, 4) is 11.1 Å². The molecule has 0 saturated heterocycles. The lowest BCUT2D eigenvalue weighted by Gasteiger charge is -2.25. The summed E-state index contributed by atoms with van der Waals surface area (Å²) in [5, 5.41) is 81.1. The molecule has 4 aromatic rings. The van der Waals surface area contributed by atoms with E-state index in [1.807, 2.05) is 24.3 Å². The van der Waals surface area contributed by atoms with Gasteiger partial charge in [-0.2, -0.15) is 0 Å². The van der Waals surface area contributed by atoms with Crippen LogP contribution in [0.3, 0.4) is 0 Å². The molecule has 20 nitrogen and oxygen atoms in total. The second kappa shape index (κ2) is 23.2. The highest BCUT2D eigenvalue weighted by Gasteiger charge is 2.29. The van der Waals surface area contributed by atoms with Gasteiger partial charge in [0.25, 0.3) is 5.91 Å². The number of aromatic nitrogens is 6. The summed E-state index contributed by atoms with van der Waals surface area (Å²) in [4.78, 5) is 32.9. The molecule has 2 aromatic carbocycles. The topological polar surface area (TPSA) is 340 Å². The van der Waals surface area contributed by atoms with E-state index in [1.165, 1.54) is 5.56 Å². The van der Waals surface area contributed by atoms with Crippen molar-refractivity contribution in [3.05, 3.63) is 76.3 Å². The number of carbonyl (C=O) groups is 2. The van der Waals surface area contributed by atoms with Crippen molar-refractivity contribution in [2.24, 2.45) is 0 Å². The lowest BCUT2D eigenvalue weighted by molar-refractivity contribution is -0.121. The molecule has 0 aliphatic rings. The maximum absolute atomic E-state index is 12.9. The number of aryl methyl sites for hydroxylation is 2. The zero-order valence-corrected chi connectivity index (χ0v) is 32.6. The van der Waals surface area contributed by atoms with Crippen LogP contribution in [0.5, 0.6) is 0 Å². The Kier molecular flexibility index (Phi) is 18.1. The number of hydrogen-bond acceptors (Lipinski definition) is 16. The maximum atomic E-state index is 12.9. The van der Waals surface area contributed by atoms with Gasteiger partial charge in [-0.3, -0.25) is 20.3 Å². The highest BCUT2D eigenvalue weighted by atomic mass is 35.5. The van der Waals surface area contributed by atoms with Gasteiger partial charge in [0.05, 0.1) is 18.8 Å². The molecule has 0 bridgehead atoms. The van der Waals surface area contributed by atoms with Crippen LogP contribution < -0.4 is 32.7 Å². The van der Waals surface area contributed by atoms with Crippen LogP contribution in [0.25, 0.3) is 11.1 Å². The number of benzene rings is 2. The van der Waals surface area contributed by atoms with Crippen molar-refractivity contribution in [1.82, 2.24) is 51.9 Å². The van der Waals surface area contributed by atoms with Crippen LogP contribution in [-0.4, -0.2) is 125 Å². The molecular formula is C37H52ClN13O7. The Morgan fingerprint density at radius 3 is 2.10 bits per heavy atom. The van der Waals surface area contributed by atoms with Crippen LogP contribution >= 0.6 is 11.6 Å². The minimum atomic E-state index is -1.68.